The molecule has 0 saturated carbocycles. The Morgan fingerprint density at radius 1 is 1.75 bits per heavy atom. The molecule has 1 fully saturated rings. The zero-order valence-corrected chi connectivity index (χ0v) is 5.44. The lowest BCUT2D eigenvalue weighted by molar-refractivity contribution is 0.175. The largest absolute Gasteiger partial charge is 0.270 e. The van der Waals surface area contributed by atoms with E-state index in [-0.39, 0.29) is 11.9 Å². The second-order valence-electron chi connectivity index (χ2n) is 1.85. The predicted octanol–water partition coefficient (Wildman–Crippen LogP) is 0.125. The fourth-order valence-corrected chi connectivity index (χ4v) is 1.84. The molecule has 1 rings (SSSR count). The van der Waals surface area contributed by atoms with Gasteiger partial charge in [0.05, 0.1) is 6.10 Å². The maximum Gasteiger partial charge on any atom is 0.270 e. The molecule has 0 aromatic carbocycles. The zero-order valence-electron chi connectivity index (χ0n) is 4.62. The molecule has 0 aromatic rings. The van der Waals surface area contributed by atoms with Crippen LogP contribution in [0.25, 0.3) is 0 Å². The third kappa shape index (κ3) is 1.00. The Bertz CT molecular complexity index is 158. The highest BCUT2D eigenvalue weighted by atomic mass is 32.2. The van der Waals surface area contributed by atoms with Gasteiger partial charge in [0, 0.05) is 0 Å². The summed E-state index contributed by atoms with van der Waals surface area (Å²) in [6, 6.07) is 0. The van der Waals surface area contributed by atoms with Gasteiger partial charge >= 0.3 is 0 Å². The predicted molar refractivity (Wildman–Crippen MR) is 29.0 cm³/mol. The fourth-order valence-electron chi connectivity index (χ4n) is 0.613. The van der Waals surface area contributed by atoms with Crippen LogP contribution in [0.15, 0.2) is 0 Å². The summed E-state index contributed by atoms with van der Waals surface area (Å²) in [6.45, 7) is 1.90. The number of hydrogen-bond acceptors (Lipinski definition) is 3. The van der Waals surface area contributed by atoms with Crippen LogP contribution in [0.4, 0.5) is 0 Å². The van der Waals surface area contributed by atoms with E-state index < -0.39 is 10.1 Å². The monoisotopic (exact) mass is 136 g/mol. The van der Waals surface area contributed by atoms with Gasteiger partial charge < -0.3 is 0 Å². The van der Waals surface area contributed by atoms with Crippen LogP contribution in [0, 0.1) is 0 Å². The molecule has 0 spiro atoms. The van der Waals surface area contributed by atoms with Crippen LogP contribution in [0.2, 0.25) is 0 Å². The van der Waals surface area contributed by atoms with Crippen LogP contribution < -0.4 is 0 Å². The first-order chi connectivity index (χ1) is 3.64. The lowest BCUT2D eigenvalue weighted by Gasteiger charge is -2.23. The summed E-state index contributed by atoms with van der Waals surface area (Å²) in [4.78, 5) is 0. The van der Waals surface area contributed by atoms with Gasteiger partial charge in [0.2, 0.25) is 0 Å². The highest BCUT2D eigenvalue weighted by Crippen LogP contribution is 2.17. The van der Waals surface area contributed by atoms with Crippen molar-refractivity contribution in [2.75, 3.05) is 5.75 Å². The molecule has 1 saturated heterocycles. The summed E-state index contributed by atoms with van der Waals surface area (Å²) in [5.41, 5.74) is 0. The molecule has 1 aliphatic rings. The Balaban J connectivity index is 2.43. The lowest BCUT2D eigenvalue weighted by Crippen LogP contribution is -2.37. The van der Waals surface area contributed by atoms with Gasteiger partial charge in [0.15, 0.2) is 0 Å². The van der Waals surface area contributed by atoms with Gasteiger partial charge in [-0.05, 0) is 6.42 Å². The van der Waals surface area contributed by atoms with Crippen LogP contribution in [-0.2, 0) is 14.3 Å². The fraction of sp³-hybridized carbons (Fsp3) is 1.00. The van der Waals surface area contributed by atoms with Gasteiger partial charge in [0.1, 0.15) is 5.75 Å². The first kappa shape index (κ1) is 6.04. The van der Waals surface area contributed by atoms with Crippen molar-refractivity contribution >= 4 is 10.1 Å². The summed E-state index contributed by atoms with van der Waals surface area (Å²) < 4.78 is 24.9. The quantitative estimate of drug-likeness (QED) is 0.481. The molecule has 0 aliphatic carbocycles. The highest BCUT2D eigenvalue weighted by Gasteiger charge is 2.32. The molecule has 48 valence electrons. The molecule has 0 aromatic heterocycles. The summed E-state index contributed by atoms with van der Waals surface area (Å²) >= 11 is 0. The van der Waals surface area contributed by atoms with E-state index in [2.05, 4.69) is 4.18 Å². The van der Waals surface area contributed by atoms with Crippen LogP contribution in [0.1, 0.15) is 13.3 Å². The van der Waals surface area contributed by atoms with Crippen molar-refractivity contribution in [1.29, 1.82) is 0 Å². The maximum absolute atomic E-state index is 10.2. The van der Waals surface area contributed by atoms with Crippen molar-refractivity contribution in [3.8, 4) is 0 Å². The molecule has 1 unspecified atom stereocenters. The van der Waals surface area contributed by atoms with Gasteiger partial charge in [-0.1, -0.05) is 6.92 Å². The van der Waals surface area contributed by atoms with Gasteiger partial charge in [-0.3, -0.25) is 4.18 Å². The summed E-state index contributed by atoms with van der Waals surface area (Å²) in [7, 11) is -3.04. The topological polar surface area (TPSA) is 43.4 Å². The Hall–Kier alpha value is -0.0900. The minimum Gasteiger partial charge on any atom is -0.266 e. The van der Waals surface area contributed by atoms with Crippen LogP contribution in [0.5, 0.6) is 0 Å². The van der Waals surface area contributed by atoms with E-state index in [0.29, 0.717) is 0 Å². The van der Waals surface area contributed by atoms with Gasteiger partial charge in [-0.25, -0.2) is 0 Å². The first-order valence-corrected chi connectivity index (χ1v) is 4.13. The SMILES string of the molecule is CCC1CS(=O)(=O)O1. The third-order valence-electron chi connectivity index (χ3n) is 1.13. The van der Waals surface area contributed by atoms with E-state index in [4.69, 9.17) is 0 Å². The Labute approximate surface area is 48.8 Å². The Morgan fingerprint density at radius 2 is 2.25 bits per heavy atom. The van der Waals surface area contributed by atoms with Crippen molar-refractivity contribution in [3.63, 3.8) is 0 Å². The van der Waals surface area contributed by atoms with E-state index in [1.54, 1.807) is 0 Å². The number of rotatable bonds is 1. The van der Waals surface area contributed by atoms with Crippen molar-refractivity contribution in [2.24, 2.45) is 0 Å². The molecule has 1 heterocycles. The van der Waals surface area contributed by atoms with Crippen LogP contribution in [0.3, 0.4) is 0 Å². The van der Waals surface area contributed by atoms with E-state index in [1.807, 2.05) is 6.92 Å². The Morgan fingerprint density at radius 3 is 2.38 bits per heavy atom. The molecule has 1 atom stereocenters. The average Bonchev–Trinajstić information content (AvgIpc) is 1.60. The smallest absolute Gasteiger partial charge is 0.266 e. The van der Waals surface area contributed by atoms with Crippen LogP contribution in [-0.4, -0.2) is 20.3 Å². The minimum atomic E-state index is -3.04. The zero-order chi connectivity index (χ0) is 6.20. The molecule has 4 heteroatoms. The minimum absolute atomic E-state index is 0.0278. The second kappa shape index (κ2) is 1.70. The molecule has 3 nitrogen and oxygen atoms in total. The van der Waals surface area contributed by atoms with Gasteiger partial charge in [-0.2, -0.15) is 8.42 Å². The van der Waals surface area contributed by atoms with Gasteiger partial charge in [0.25, 0.3) is 10.1 Å². The molecular weight excluding hydrogens is 128 g/mol. The number of hydrogen-bond donors (Lipinski definition) is 0. The Kier molecular flexibility index (Phi) is 1.28. The van der Waals surface area contributed by atoms with E-state index in [0.717, 1.165) is 6.42 Å². The first-order valence-electron chi connectivity index (χ1n) is 2.55. The van der Waals surface area contributed by atoms with Crippen molar-refractivity contribution in [2.45, 2.75) is 19.4 Å². The van der Waals surface area contributed by atoms with Crippen LogP contribution >= 0.6 is 0 Å². The molecule has 0 N–H and O–H groups in total. The van der Waals surface area contributed by atoms with Crippen molar-refractivity contribution in [3.05, 3.63) is 0 Å². The summed E-state index contributed by atoms with van der Waals surface area (Å²) in [5, 5.41) is 0. The van der Waals surface area contributed by atoms with Gasteiger partial charge in [-0.15, -0.1) is 0 Å². The standard InChI is InChI=1S/C4H8O3S/c1-2-4-3-8(5,6)7-4/h4H,2-3H2,1H3. The lowest BCUT2D eigenvalue weighted by atomic mass is 10.3. The van der Waals surface area contributed by atoms with E-state index in [1.165, 1.54) is 0 Å². The second-order valence-corrected chi connectivity index (χ2v) is 3.49. The normalized spacial score (nSPS) is 33.9. The highest BCUT2D eigenvalue weighted by molar-refractivity contribution is 7.87. The molecule has 0 amide bonds. The third-order valence-corrected chi connectivity index (χ3v) is 2.47. The molecule has 0 bridgehead atoms. The average molecular weight is 136 g/mol. The summed E-state index contributed by atoms with van der Waals surface area (Å²) in [5.74, 6) is 0.212. The molecular formula is C4H8O3S. The molecule has 0 radical (unpaired) electrons. The van der Waals surface area contributed by atoms with Crippen molar-refractivity contribution < 1.29 is 12.6 Å². The van der Waals surface area contributed by atoms with Crippen molar-refractivity contribution in [1.82, 2.24) is 0 Å². The van der Waals surface area contributed by atoms with E-state index >= 15 is 0 Å². The maximum atomic E-state index is 10.2. The molecule has 1 aliphatic heterocycles. The molecule has 8 heavy (non-hydrogen) atoms. The van der Waals surface area contributed by atoms with E-state index in [9.17, 15) is 8.42 Å². The summed E-state index contributed by atoms with van der Waals surface area (Å²) in [6.07, 6.45) is 0.763.